The van der Waals surface area contributed by atoms with E-state index >= 15 is 0 Å². The second-order valence-corrected chi connectivity index (χ2v) is 7.33. The quantitative estimate of drug-likeness (QED) is 0.733. The summed E-state index contributed by atoms with van der Waals surface area (Å²) in [5.74, 6) is 0.510. The number of carbonyl (C=O) groups excluding carboxylic acids is 2. The van der Waals surface area contributed by atoms with Crippen LogP contribution in [0, 0.1) is 0 Å². The molecule has 2 rings (SSSR count). The van der Waals surface area contributed by atoms with E-state index in [0.717, 1.165) is 38.3 Å². The predicted octanol–water partition coefficient (Wildman–Crippen LogP) is 2.28. The molecule has 1 aliphatic heterocycles. The number of nitrogens with zero attached hydrogens (tertiary/aromatic N) is 2. The third-order valence-corrected chi connectivity index (χ3v) is 5.44. The fourth-order valence-electron chi connectivity index (χ4n) is 3.43. The number of carbonyl (C=O) groups is 2. The van der Waals surface area contributed by atoms with Crippen LogP contribution < -0.4 is 10.6 Å². The molecular weight excluding hydrogens is 340 g/mol. The molecule has 6 nitrogen and oxygen atoms in total. The van der Waals surface area contributed by atoms with E-state index < -0.39 is 0 Å². The van der Waals surface area contributed by atoms with Crippen molar-refractivity contribution in [2.24, 2.45) is 0 Å². The average molecular weight is 375 g/mol. The molecule has 1 aromatic carbocycles. The largest absolute Gasteiger partial charge is 0.355 e. The van der Waals surface area contributed by atoms with Crippen LogP contribution in [-0.4, -0.2) is 66.9 Å². The van der Waals surface area contributed by atoms with E-state index in [-0.39, 0.29) is 17.9 Å². The SMILES string of the molecule is CCNC(=O)CN1CCN(C(C)C(=O)Nc2ccccc2C(C)CC)CC1. The lowest BCUT2D eigenvalue weighted by molar-refractivity contribution is -0.124. The zero-order chi connectivity index (χ0) is 19.8. The van der Waals surface area contributed by atoms with Crippen molar-refractivity contribution in [2.45, 2.75) is 46.1 Å². The molecule has 2 N–H and O–H groups in total. The first-order valence-electron chi connectivity index (χ1n) is 10.1. The smallest absolute Gasteiger partial charge is 0.241 e. The number of nitrogens with one attached hydrogen (secondary N) is 2. The van der Waals surface area contributed by atoms with Crippen molar-refractivity contribution in [1.82, 2.24) is 15.1 Å². The normalized spacial score (nSPS) is 17.9. The summed E-state index contributed by atoms with van der Waals surface area (Å²) in [6.45, 7) is 12.5. The highest BCUT2D eigenvalue weighted by atomic mass is 16.2. The Morgan fingerprint density at radius 3 is 2.37 bits per heavy atom. The fourth-order valence-corrected chi connectivity index (χ4v) is 3.43. The molecule has 0 bridgehead atoms. The van der Waals surface area contributed by atoms with E-state index in [1.54, 1.807) is 0 Å². The van der Waals surface area contributed by atoms with Crippen LogP contribution in [0.3, 0.4) is 0 Å². The summed E-state index contributed by atoms with van der Waals surface area (Å²) < 4.78 is 0. The minimum atomic E-state index is -0.193. The van der Waals surface area contributed by atoms with Gasteiger partial charge in [-0.3, -0.25) is 19.4 Å². The maximum atomic E-state index is 12.8. The monoisotopic (exact) mass is 374 g/mol. The maximum Gasteiger partial charge on any atom is 0.241 e. The number of amides is 2. The topological polar surface area (TPSA) is 64.7 Å². The third kappa shape index (κ3) is 6.04. The average Bonchev–Trinajstić information content (AvgIpc) is 2.68. The molecule has 1 saturated heterocycles. The van der Waals surface area contributed by atoms with Gasteiger partial charge in [-0.2, -0.15) is 0 Å². The van der Waals surface area contributed by atoms with Crippen LogP contribution in [0.5, 0.6) is 0 Å². The van der Waals surface area contributed by atoms with Gasteiger partial charge < -0.3 is 10.6 Å². The lowest BCUT2D eigenvalue weighted by Gasteiger charge is -2.37. The Morgan fingerprint density at radius 1 is 1.07 bits per heavy atom. The van der Waals surface area contributed by atoms with Crippen LogP contribution in [0.15, 0.2) is 24.3 Å². The zero-order valence-corrected chi connectivity index (χ0v) is 17.1. The van der Waals surface area contributed by atoms with E-state index in [1.807, 2.05) is 32.0 Å². The first kappa shape index (κ1) is 21.4. The van der Waals surface area contributed by atoms with Gasteiger partial charge in [0.05, 0.1) is 12.6 Å². The highest BCUT2D eigenvalue weighted by molar-refractivity contribution is 5.95. The molecule has 0 saturated carbocycles. The number of anilines is 1. The van der Waals surface area contributed by atoms with Gasteiger partial charge in [0.1, 0.15) is 0 Å². The number of hydrogen-bond donors (Lipinski definition) is 2. The minimum Gasteiger partial charge on any atom is -0.355 e. The van der Waals surface area contributed by atoms with Gasteiger partial charge in [-0.25, -0.2) is 0 Å². The first-order chi connectivity index (χ1) is 13.0. The zero-order valence-electron chi connectivity index (χ0n) is 17.1. The third-order valence-electron chi connectivity index (χ3n) is 5.44. The Kier molecular flexibility index (Phi) is 8.25. The Hall–Kier alpha value is -1.92. The molecular formula is C21H34N4O2. The van der Waals surface area contributed by atoms with Gasteiger partial charge in [-0.15, -0.1) is 0 Å². The number of rotatable bonds is 8. The summed E-state index contributed by atoms with van der Waals surface area (Å²) in [6.07, 6.45) is 1.04. The molecule has 1 heterocycles. The van der Waals surface area contributed by atoms with E-state index in [2.05, 4.69) is 40.3 Å². The molecule has 150 valence electrons. The summed E-state index contributed by atoms with van der Waals surface area (Å²) >= 11 is 0. The molecule has 2 unspecified atom stereocenters. The van der Waals surface area contributed by atoms with Crippen LogP contribution in [0.4, 0.5) is 5.69 Å². The number of hydrogen-bond acceptors (Lipinski definition) is 4. The fraction of sp³-hybridized carbons (Fsp3) is 0.619. The van der Waals surface area contributed by atoms with Crippen molar-refractivity contribution in [2.75, 3.05) is 44.6 Å². The standard InChI is InChI=1S/C21H34N4O2/c1-5-16(3)18-9-7-8-10-19(18)23-21(27)17(4)25-13-11-24(12-14-25)15-20(26)22-6-2/h7-10,16-17H,5-6,11-15H2,1-4H3,(H,22,26)(H,23,27). The van der Waals surface area contributed by atoms with Crippen molar-refractivity contribution in [1.29, 1.82) is 0 Å². The van der Waals surface area contributed by atoms with Gasteiger partial charge in [0.2, 0.25) is 11.8 Å². The van der Waals surface area contributed by atoms with Gasteiger partial charge in [0, 0.05) is 38.4 Å². The van der Waals surface area contributed by atoms with Gasteiger partial charge >= 0.3 is 0 Å². The van der Waals surface area contributed by atoms with Crippen LogP contribution >= 0.6 is 0 Å². The van der Waals surface area contributed by atoms with Gasteiger partial charge in [0.15, 0.2) is 0 Å². The summed E-state index contributed by atoms with van der Waals surface area (Å²) in [7, 11) is 0. The molecule has 0 aliphatic carbocycles. The highest BCUT2D eigenvalue weighted by Gasteiger charge is 2.26. The van der Waals surface area contributed by atoms with Crippen molar-refractivity contribution < 1.29 is 9.59 Å². The lowest BCUT2D eigenvalue weighted by Crippen LogP contribution is -2.54. The van der Waals surface area contributed by atoms with E-state index in [1.165, 1.54) is 5.56 Å². The maximum absolute atomic E-state index is 12.8. The van der Waals surface area contributed by atoms with Crippen LogP contribution in [-0.2, 0) is 9.59 Å². The minimum absolute atomic E-state index is 0.0305. The summed E-state index contributed by atoms with van der Waals surface area (Å²) in [5.41, 5.74) is 2.10. The van der Waals surface area contributed by atoms with Crippen LogP contribution in [0.25, 0.3) is 0 Å². The molecule has 27 heavy (non-hydrogen) atoms. The van der Waals surface area contributed by atoms with Gasteiger partial charge in [-0.05, 0) is 37.8 Å². The molecule has 2 atom stereocenters. The second-order valence-electron chi connectivity index (χ2n) is 7.33. The molecule has 0 aromatic heterocycles. The van der Waals surface area contributed by atoms with Crippen molar-refractivity contribution in [3.8, 4) is 0 Å². The molecule has 2 amide bonds. The molecule has 1 aliphatic rings. The Morgan fingerprint density at radius 2 is 1.74 bits per heavy atom. The van der Waals surface area contributed by atoms with Crippen molar-refractivity contribution in [3.63, 3.8) is 0 Å². The summed E-state index contributed by atoms with van der Waals surface area (Å²) in [4.78, 5) is 28.8. The molecule has 6 heteroatoms. The predicted molar refractivity (Wildman–Crippen MR) is 110 cm³/mol. The number of likely N-dealkylation sites (N-methyl/N-ethyl adjacent to an activating group) is 1. The molecule has 1 aromatic rings. The van der Waals surface area contributed by atoms with Crippen molar-refractivity contribution >= 4 is 17.5 Å². The summed E-state index contributed by atoms with van der Waals surface area (Å²) in [5, 5.41) is 5.96. The number of benzene rings is 1. The van der Waals surface area contributed by atoms with Crippen LogP contribution in [0.2, 0.25) is 0 Å². The van der Waals surface area contributed by atoms with E-state index in [0.29, 0.717) is 19.0 Å². The van der Waals surface area contributed by atoms with E-state index in [9.17, 15) is 9.59 Å². The van der Waals surface area contributed by atoms with Gasteiger partial charge in [-0.1, -0.05) is 32.0 Å². The van der Waals surface area contributed by atoms with Crippen LogP contribution in [0.1, 0.15) is 45.6 Å². The Balaban J connectivity index is 1.89. The van der Waals surface area contributed by atoms with Gasteiger partial charge in [0.25, 0.3) is 0 Å². The number of para-hydroxylation sites is 1. The number of piperazine rings is 1. The molecule has 0 spiro atoms. The first-order valence-corrected chi connectivity index (χ1v) is 10.1. The van der Waals surface area contributed by atoms with E-state index in [4.69, 9.17) is 0 Å². The lowest BCUT2D eigenvalue weighted by atomic mass is 9.97. The highest BCUT2D eigenvalue weighted by Crippen LogP contribution is 2.26. The molecule has 1 fully saturated rings. The Bertz CT molecular complexity index is 626. The van der Waals surface area contributed by atoms with Crippen molar-refractivity contribution in [3.05, 3.63) is 29.8 Å². The Labute approximate surface area is 163 Å². The summed E-state index contributed by atoms with van der Waals surface area (Å²) in [6, 6.07) is 7.87. The molecule has 0 radical (unpaired) electrons. The second kappa shape index (κ2) is 10.4.